The first kappa shape index (κ1) is 14.3. The van der Waals surface area contributed by atoms with Crippen molar-refractivity contribution in [2.45, 2.75) is 0 Å². The monoisotopic (exact) mass is 316 g/mol. The van der Waals surface area contributed by atoms with Crippen LogP contribution in [0.1, 0.15) is 0 Å². The van der Waals surface area contributed by atoms with Gasteiger partial charge in [-0.15, -0.1) is 0 Å². The molecule has 5 heteroatoms. The van der Waals surface area contributed by atoms with Gasteiger partial charge in [0.15, 0.2) is 0 Å². The number of anilines is 2. The maximum atomic E-state index is 13.4. The lowest BCUT2D eigenvalue weighted by molar-refractivity contribution is 0.628. The highest BCUT2D eigenvalue weighted by Gasteiger charge is 2.09. The van der Waals surface area contributed by atoms with Gasteiger partial charge in [-0.2, -0.15) is 0 Å². The number of nitrogens with one attached hydrogen (secondary N) is 1. The number of hydrogen-bond acceptors (Lipinski definition) is 4. The number of benzene rings is 1. The smallest absolute Gasteiger partial charge is 0.140 e. The molecule has 0 unspecified atom stereocenters. The van der Waals surface area contributed by atoms with Crippen LogP contribution in [0, 0.1) is 5.82 Å². The zero-order valence-electron chi connectivity index (χ0n) is 12.6. The molecular weight excluding hydrogens is 303 g/mol. The summed E-state index contributed by atoms with van der Waals surface area (Å²) >= 11 is 0. The predicted octanol–water partition coefficient (Wildman–Crippen LogP) is 4.57. The molecule has 3 heterocycles. The predicted molar refractivity (Wildman–Crippen MR) is 92.5 cm³/mol. The minimum Gasteiger partial charge on any atom is -0.340 e. The summed E-state index contributed by atoms with van der Waals surface area (Å²) in [6.07, 6.45) is 5.18. The Balaban J connectivity index is 1.86. The molecule has 1 N–H and O–H groups in total. The van der Waals surface area contributed by atoms with E-state index >= 15 is 0 Å². The Bertz CT molecular complexity index is 1000. The van der Waals surface area contributed by atoms with E-state index in [1.165, 1.54) is 12.1 Å². The van der Waals surface area contributed by atoms with Gasteiger partial charge >= 0.3 is 0 Å². The molecule has 0 radical (unpaired) electrons. The second-order valence-corrected chi connectivity index (χ2v) is 5.30. The third-order valence-corrected chi connectivity index (χ3v) is 3.66. The number of rotatable bonds is 3. The lowest BCUT2D eigenvalue weighted by Gasteiger charge is -2.11. The standard InChI is InChI=1S/C19H13FN4/c20-14-3-1-4-15(11-14)23-19-16-5-2-8-22-18(16)12-17(24-19)13-6-9-21-10-7-13/h1-12H,(H,23,24). The molecule has 0 aliphatic rings. The molecule has 0 atom stereocenters. The average Bonchev–Trinajstić information content (AvgIpc) is 2.62. The van der Waals surface area contributed by atoms with E-state index in [2.05, 4.69) is 15.3 Å². The Labute approximate surface area is 138 Å². The summed E-state index contributed by atoms with van der Waals surface area (Å²) in [5, 5.41) is 4.07. The van der Waals surface area contributed by atoms with Crippen molar-refractivity contribution < 1.29 is 4.39 Å². The molecule has 1 aromatic carbocycles. The number of aromatic nitrogens is 3. The number of fused-ring (bicyclic) bond motifs is 1. The highest BCUT2D eigenvalue weighted by Crippen LogP contribution is 2.28. The Hall–Kier alpha value is -3.34. The van der Waals surface area contributed by atoms with Gasteiger partial charge in [0.2, 0.25) is 0 Å². The lowest BCUT2D eigenvalue weighted by atomic mass is 10.1. The third kappa shape index (κ3) is 2.79. The van der Waals surface area contributed by atoms with Crippen molar-refractivity contribution >= 4 is 22.4 Å². The van der Waals surface area contributed by atoms with E-state index in [-0.39, 0.29) is 5.82 Å². The van der Waals surface area contributed by atoms with Crippen LogP contribution >= 0.6 is 0 Å². The molecule has 24 heavy (non-hydrogen) atoms. The Kier molecular flexibility index (Phi) is 3.59. The summed E-state index contributed by atoms with van der Waals surface area (Å²) in [4.78, 5) is 13.1. The quantitative estimate of drug-likeness (QED) is 0.601. The SMILES string of the molecule is Fc1cccc(Nc2nc(-c3ccncc3)cc3ncccc23)c1. The van der Waals surface area contributed by atoms with Gasteiger partial charge in [-0.3, -0.25) is 9.97 Å². The van der Waals surface area contributed by atoms with Gasteiger partial charge in [-0.1, -0.05) is 6.07 Å². The molecule has 3 aromatic heterocycles. The van der Waals surface area contributed by atoms with Crippen molar-refractivity contribution in [2.75, 3.05) is 5.32 Å². The van der Waals surface area contributed by atoms with Gasteiger partial charge in [0.25, 0.3) is 0 Å². The first-order valence-corrected chi connectivity index (χ1v) is 7.48. The average molecular weight is 316 g/mol. The van der Waals surface area contributed by atoms with Crippen molar-refractivity contribution in [1.29, 1.82) is 0 Å². The number of halogens is 1. The molecule has 0 spiro atoms. The molecule has 116 valence electrons. The van der Waals surface area contributed by atoms with Gasteiger partial charge in [-0.05, 0) is 48.5 Å². The topological polar surface area (TPSA) is 50.7 Å². The summed E-state index contributed by atoms with van der Waals surface area (Å²) in [7, 11) is 0. The fraction of sp³-hybridized carbons (Fsp3) is 0. The number of hydrogen-bond donors (Lipinski definition) is 1. The molecule has 4 rings (SSSR count). The van der Waals surface area contributed by atoms with Crippen LogP contribution in [0.2, 0.25) is 0 Å². The van der Waals surface area contributed by atoms with E-state index in [0.29, 0.717) is 11.5 Å². The summed E-state index contributed by atoms with van der Waals surface area (Å²) in [5.74, 6) is 0.339. The van der Waals surface area contributed by atoms with E-state index in [0.717, 1.165) is 22.2 Å². The number of pyridine rings is 3. The van der Waals surface area contributed by atoms with Crippen LogP contribution in [0.5, 0.6) is 0 Å². The van der Waals surface area contributed by atoms with Crippen LogP contribution in [0.25, 0.3) is 22.2 Å². The molecule has 0 aliphatic heterocycles. The highest BCUT2D eigenvalue weighted by atomic mass is 19.1. The van der Waals surface area contributed by atoms with Gasteiger partial charge in [0, 0.05) is 35.2 Å². The molecular formula is C19H13FN4. The highest BCUT2D eigenvalue weighted by molar-refractivity contribution is 5.93. The van der Waals surface area contributed by atoms with Gasteiger partial charge in [-0.25, -0.2) is 9.37 Å². The summed E-state index contributed by atoms with van der Waals surface area (Å²) in [5.41, 5.74) is 3.18. The van der Waals surface area contributed by atoms with Crippen LogP contribution in [-0.2, 0) is 0 Å². The van der Waals surface area contributed by atoms with E-state index in [9.17, 15) is 4.39 Å². The first-order chi connectivity index (χ1) is 11.8. The second-order valence-electron chi connectivity index (χ2n) is 5.30. The van der Waals surface area contributed by atoms with E-state index in [1.54, 1.807) is 30.7 Å². The lowest BCUT2D eigenvalue weighted by Crippen LogP contribution is -1.98. The maximum absolute atomic E-state index is 13.4. The molecule has 0 amide bonds. The van der Waals surface area contributed by atoms with Gasteiger partial charge in [0.1, 0.15) is 11.6 Å². The van der Waals surface area contributed by atoms with E-state index in [4.69, 9.17) is 4.98 Å². The second kappa shape index (κ2) is 6.04. The van der Waals surface area contributed by atoms with Crippen LogP contribution in [0.3, 0.4) is 0 Å². The molecule has 0 fully saturated rings. The molecule has 0 saturated heterocycles. The van der Waals surface area contributed by atoms with Crippen LogP contribution in [0.15, 0.2) is 73.2 Å². The Morgan fingerprint density at radius 2 is 1.75 bits per heavy atom. The zero-order valence-corrected chi connectivity index (χ0v) is 12.6. The minimum atomic E-state index is -0.298. The van der Waals surface area contributed by atoms with Crippen LogP contribution < -0.4 is 5.32 Å². The zero-order chi connectivity index (χ0) is 16.4. The largest absolute Gasteiger partial charge is 0.340 e. The van der Waals surface area contributed by atoms with Gasteiger partial charge < -0.3 is 5.32 Å². The fourth-order valence-corrected chi connectivity index (χ4v) is 2.54. The maximum Gasteiger partial charge on any atom is 0.140 e. The van der Waals surface area contributed by atoms with Crippen molar-refractivity contribution in [3.63, 3.8) is 0 Å². The minimum absolute atomic E-state index is 0.298. The molecule has 0 bridgehead atoms. The summed E-state index contributed by atoms with van der Waals surface area (Å²) in [6, 6.07) is 15.8. The number of nitrogens with zero attached hydrogens (tertiary/aromatic N) is 3. The van der Waals surface area contributed by atoms with E-state index < -0.39 is 0 Å². The third-order valence-electron chi connectivity index (χ3n) is 3.66. The molecule has 4 aromatic rings. The summed E-state index contributed by atoms with van der Waals surface area (Å²) in [6.45, 7) is 0. The normalized spacial score (nSPS) is 10.7. The van der Waals surface area contributed by atoms with Crippen LogP contribution in [-0.4, -0.2) is 15.0 Å². The fourth-order valence-electron chi connectivity index (χ4n) is 2.54. The molecule has 0 saturated carbocycles. The Morgan fingerprint density at radius 1 is 0.875 bits per heavy atom. The molecule has 4 nitrogen and oxygen atoms in total. The van der Waals surface area contributed by atoms with Crippen molar-refractivity contribution in [3.8, 4) is 11.3 Å². The van der Waals surface area contributed by atoms with Crippen LogP contribution in [0.4, 0.5) is 15.9 Å². The van der Waals surface area contributed by atoms with Crippen molar-refractivity contribution in [1.82, 2.24) is 15.0 Å². The van der Waals surface area contributed by atoms with Crippen molar-refractivity contribution in [3.05, 3.63) is 79.0 Å². The van der Waals surface area contributed by atoms with E-state index in [1.807, 2.05) is 30.3 Å². The molecule has 0 aliphatic carbocycles. The first-order valence-electron chi connectivity index (χ1n) is 7.48. The van der Waals surface area contributed by atoms with Crippen molar-refractivity contribution in [2.24, 2.45) is 0 Å². The Morgan fingerprint density at radius 3 is 2.58 bits per heavy atom. The summed E-state index contributed by atoms with van der Waals surface area (Å²) < 4.78 is 13.4. The van der Waals surface area contributed by atoms with Gasteiger partial charge in [0.05, 0.1) is 11.2 Å².